The molecule has 0 unspecified atom stereocenters. The van der Waals surface area contributed by atoms with Crippen molar-refractivity contribution in [2.24, 2.45) is 5.92 Å². The van der Waals surface area contributed by atoms with Gasteiger partial charge in [0.25, 0.3) is 11.9 Å². The molecule has 0 spiro atoms. The predicted octanol–water partition coefficient (Wildman–Crippen LogP) is 4.61. The number of ether oxygens (including phenoxy) is 2. The van der Waals surface area contributed by atoms with Gasteiger partial charge in [-0.25, -0.2) is 14.5 Å². The number of amides is 4. The lowest BCUT2D eigenvalue weighted by Gasteiger charge is -2.30. The maximum absolute atomic E-state index is 14.6. The van der Waals surface area contributed by atoms with Gasteiger partial charge in [0.1, 0.15) is 39.9 Å². The van der Waals surface area contributed by atoms with Crippen molar-refractivity contribution in [3.05, 3.63) is 41.4 Å². The van der Waals surface area contributed by atoms with Gasteiger partial charge in [-0.2, -0.15) is 17.7 Å². The molecule has 1 saturated heterocycles. The summed E-state index contributed by atoms with van der Waals surface area (Å²) in [5.74, 6) is -2.48. The van der Waals surface area contributed by atoms with Gasteiger partial charge in [-0.3, -0.25) is 19.0 Å². The third kappa shape index (κ3) is 9.28. The lowest BCUT2D eigenvalue weighted by atomic mass is 10.0. The monoisotopic (exact) mass is 826 g/mol. The molecule has 3 aromatic rings. The molecular weight excluding hydrogens is 773 g/mol. The molecule has 1 aliphatic carbocycles. The Labute approximate surface area is 337 Å². The van der Waals surface area contributed by atoms with Gasteiger partial charge in [0.15, 0.2) is 0 Å². The first kappa shape index (κ1) is 42.1. The molecule has 18 heteroatoms. The highest BCUT2D eigenvalue weighted by molar-refractivity contribution is 7.87. The molecule has 16 nitrogen and oxygen atoms in total. The minimum absolute atomic E-state index is 0.0270. The average molecular weight is 827 g/mol. The van der Waals surface area contributed by atoms with Gasteiger partial charge in [0.2, 0.25) is 11.8 Å². The summed E-state index contributed by atoms with van der Waals surface area (Å²) in [6.07, 6.45) is 5.62. The van der Waals surface area contributed by atoms with Gasteiger partial charge in [0.05, 0.1) is 12.1 Å². The first-order valence-electron chi connectivity index (χ1n) is 19.4. The van der Waals surface area contributed by atoms with Crippen LogP contribution in [0, 0.1) is 12.8 Å². The van der Waals surface area contributed by atoms with Crippen LogP contribution in [0.15, 0.2) is 35.7 Å². The number of benzene rings is 1. The molecule has 2 fully saturated rings. The van der Waals surface area contributed by atoms with E-state index in [0.29, 0.717) is 30.8 Å². The van der Waals surface area contributed by atoms with E-state index in [1.807, 2.05) is 61.1 Å². The van der Waals surface area contributed by atoms with Gasteiger partial charge in [0, 0.05) is 49.1 Å². The summed E-state index contributed by atoms with van der Waals surface area (Å²) in [6, 6.07) is 3.95. The standard InChI is InChI=1S/C39H54N8O8S2/c1-23(2)47-29-18-14-16-27(33-40-24(3)22-56-33)31(29)42-36(47)54-26-19-30-32(48)43-39(35(50)44-57(52,53)45(7)8)20-25(39)15-12-10-9-11-13-17-28(34(49)46(30)21-26)41-37(51)55-38(4,5)6/h12,14-16,18,22-23,25-26,28,30H,9-11,13,17,19-21H2,1-8H3,(H,41,51)(H,43,48)(H,44,50)/b15-12-/t25-,26-,28+,30+,39-/m1/s1. The van der Waals surface area contributed by atoms with Crippen molar-refractivity contribution < 1.29 is 37.1 Å². The number of allylic oxidation sites excluding steroid dienone is 1. The maximum Gasteiger partial charge on any atom is 0.408 e. The van der Waals surface area contributed by atoms with Crippen LogP contribution in [-0.4, -0.2) is 106 Å². The number of fused-ring (bicyclic) bond motifs is 3. The molecular formula is C39H54N8O8S2. The molecule has 1 saturated carbocycles. The molecule has 310 valence electrons. The zero-order valence-electron chi connectivity index (χ0n) is 33.8. The Kier molecular flexibility index (Phi) is 12.1. The molecule has 4 heterocycles. The molecule has 0 bridgehead atoms. The molecule has 0 radical (unpaired) electrons. The van der Waals surface area contributed by atoms with Crippen LogP contribution in [0.2, 0.25) is 0 Å². The summed E-state index contributed by atoms with van der Waals surface area (Å²) < 4.78 is 42.6. The van der Waals surface area contributed by atoms with Crippen LogP contribution in [0.4, 0.5) is 4.79 Å². The highest BCUT2D eigenvalue weighted by atomic mass is 32.2. The molecule has 3 aliphatic rings. The molecule has 57 heavy (non-hydrogen) atoms. The average Bonchev–Trinajstić information content (AvgIpc) is 3.42. The fraction of sp³-hybridized carbons (Fsp3) is 0.590. The van der Waals surface area contributed by atoms with Gasteiger partial charge < -0.3 is 25.0 Å². The minimum Gasteiger partial charge on any atom is -0.459 e. The Morgan fingerprint density at radius 1 is 1.12 bits per heavy atom. The van der Waals surface area contributed by atoms with Crippen molar-refractivity contribution in [2.75, 3.05) is 20.6 Å². The second-order valence-corrected chi connectivity index (χ2v) is 19.3. The third-order valence-electron chi connectivity index (χ3n) is 10.4. The number of hydrogen-bond acceptors (Lipinski definition) is 11. The number of rotatable bonds is 8. The number of nitrogens with zero attached hydrogens (tertiary/aromatic N) is 5. The lowest BCUT2D eigenvalue weighted by molar-refractivity contribution is -0.141. The van der Waals surface area contributed by atoms with Crippen LogP contribution >= 0.6 is 11.3 Å². The topological polar surface area (TPSA) is 194 Å². The number of nitrogens with one attached hydrogen (secondary N) is 3. The number of aromatic nitrogens is 3. The predicted molar refractivity (Wildman–Crippen MR) is 216 cm³/mol. The summed E-state index contributed by atoms with van der Waals surface area (Å²) in [5.41, 5.74) is 0.913. The van der Waals surface area contributed by atoms with Crippen molar-refractivity contribution in [3.63, 3.8) is 0 Å². The summed E-state index contributed by atoms with van der Waals surface area (Å²) in [6.45, 7) is 11.1. The van der Waals surface area contributed by atoms with Crippen LogP contribution < -0.4 is 20.1 Å². The summed E-state index contributed by atoms with van der Waals surface area (Å²) >= 11 is 1.52. The van der Waals surface area contributed by atoms with Gasteiger partial charge in [-0.05, 0) is 79.4 Å². The molecule has 2 aliphatic heterocycles. The molecule has 2 aromatic heterocycles. The van der Waals surface area contributed by atoms with E-state index in [0.717, 1.165) is 38.9 Å². The number of alkyl carbamates (subject to hydrolysis) is 1. The van der Waals surface area contributed by atoms with Crippen molar-refractivity contribution >= 4 is 56.4 Å². The van der Waals surface area contributed by atoms with Crippen LogP contribution in [0.3, 0.4) is 0 Å². The number of hydrogen-bond donors (Lipinski definition) is 3. The van der Waals surface area contributed by atoms with E-state index in [-0.39, 0.29) is 25.4 Å². The molecule has 1 aromatic carbocycles. The number of carbonyl (C=O) groups is 4. The van der Waals surface area contributed by atoms with E-state index in [9.17, 15) is 27.6 Å². The highest BCUT2D eigenvalue weighted by Crippen LogP contribution is 2.46. The van der Waals surface area contributed by atoms with Crippen molar-refractivity contribution in [2.45, 2.75) is 122 Å². The molecule has 6 rings (SSSR count). The van der Waals surface area contributed by atoms with Gasteiger partial charge in [-0.1, -0.05) is 31.1 Å². The second-order valence-electron chi connectivity index (χ2n) is 16.6. The zero-order chi connectivity index (χ0) is 41.4. The van der Waals surface area contributed by atoms with E-state index in [4.69, 9.17) is 14.5 Å². The van der Waals surface area contributed by atoms with E-state index in [2.05, 4.69) is 20.3 Å². The summed E-state index contributed by atoms with van der Waals surface area (Å²) in [7, 11) is -1.58. The Bertz CT molecular complexity index is 2160. The normalized spacial score (nSPS) is 25.3. The number of para-hydroxylation sites is 1. The van der Waals surface area contributed by atoms with Crippen LogP contribution in [-0.2, 0) is 29.3 Å². The number of thiazole rings is 1. The Hall–Kier alpha value is -4.55. The minimum atomic E-state index is -4.18. The first-order valence-corrected chi connectivity index (χ1v) is 21.7. The zero-order valence-corrected chi connectivity index (χ0v) is 35.5. The van der Waals surface area contributed by atoms with E-state index < -0.39 is 69.3 Å². The fourth-order valence-electron chi connectivity index (χ4n) is 7.39. The molecule has 5 atom stereocenters. The maximum atomic E-state index is 14.6. The quantitative estimate of drug-likeness (QED) is 0.270. The first-order chi connectivity index (χ1) is 26.8. The van der Waals surface area contributed by atoms with Crippen molar-refractivity contribution in [1.29, 1.82) is 0 Å². The number of aryl methyl sites for hydroxylation is 1. The van der Waals surface area contributed by atoms with E-state index >= 15 is 0 Å². The van der Waals surface area contributed by atoms with Crippen LogP contribution in [0.5, 0.6) is 6.01 Å². The smallest absolute Gasteiger partial charge is 0.408 e. The third-order valence-corrected chi connectivity index (χ3v) is 12.8. The molecule has 4 amide bonds. The number of carbonyl (C=O) groups excluding carboxylic acids is 4. The van der Waals surface area contributed by atoms with Gasteiger partial charge in [-0.15, -0.1) is 11.3 Å². The van der Waals surface area contributed by atoms with Crippen molar-refractivity contribution in [3.8, 4) is 16.6 Å². The fourth-order valence-corrected chi connectivity index (χ4v) is 8.81. The van der Waals surface area contributed by atoms with E-state index in [1.54, 1.807) is 20.8 Å². The Balaban J connectivity index is 1.36. The lowest BCUT2D eigenvalue weighted by Crippen LogP contribution is -2.58. The van der Waals surface area contributed by atoms with E-state index in [1.165, 1.54) is 30.3 Å². The Morgan fingerprint density at radius 2 is 1.88 bits per heavy atom. The SMILES string of the molecule is Cc1csc(-c2cccc3c2nc(O[C@@H]2C[C@H]4C(=O)N[C@]5(C(=O)NS(=O)(=O)N(C)C)C[C@H]5/C=C\CCCCC[C@H](NC(=O)OC(C)(C)C)C(=O)N4C2)n3C(C)C)n1. The second kappa shape index (κ2) is 16.4. The van der Waals surface area contributed by atoms with Gasteiger partial charge >= 0.3 is 16.3 Å². The largest absolute Gasteiger partial charge is 0.459 e. The van der Waals surface area contributed by atoms with Crippen LogP contribution in [0.25, 0.3) is 21.6 Å². The van der Waals surface area contributed by atoms with Crippen molar-refractivity contribution in [1.82, 2.24) is 39.1 Å². The van der Waals surface area contributed by atoms with Crippen LogP contribution in [0.1, 0.15) is 91.3 Å². The Morgan fingerprint density at radius 3 is 2.54 bits per heavy atom. The number of imidazole rings is 1. The molecule has 3 N–H and O–H groups in total. The summed E-state index contributed by atoms with van der Waals surface area (Å²) in [5, 5.41) is 8.42. The highest BCUT2D eigenvalue weighted by Gasteiger charge is 2.62. The summed E-state index contributed by atoms with van der Waals surface area (Å²) in [4.78, 5) is 67.0.